The Balaban J connectivity index is 2.29. The summed E-state index contributed by atoms with van der Waals surface area (Å²) in [5.74, 6) is -0.285. The van der Waals surface area contributed by atoms with Crippen LogP contribution in [0.2, 0.25) is 0 Å². The zero-order chi connectivity index (χ0) is 15.5. The first-order valence-electron chi connectivity index (χ1n) is 6.55. The van der Waals surface area contributed by atoms with E-state index in [-0.39, 0.29) is 5.78 Å². The average molecular weight is 318 g/mol. The van der Waals surface area contributed by atoms with Gasteiger partial charge >= 0.3 is 0 Å². The molecule has 21 heavy (non-hydrogen) atoms. The number of carbonyl (C=O) groups excluding carboxylic acids is 1. The Hall–Kier alpha value is -1.23. The predicted octanol–water partition coefficient (Wildman–Crippen LogP) is 4.22. The summed E-state index contributed by atoms with van der Waals surface area (Å²) in [6.45, 7) is 1.55. The van der Waals surface area contributed by atoms with Crippen LogP contribution in [0.3, 0.4) is 0 Å². The number of ketones is 1. The monoisotopic (exact) mass is 318 g/mol. The summed E-state index contributed by atoms with van der Waals surface area (Å²) in [5.41, 5.74) is -0.386. The molecule has 0 amide bonds. The number of rotatable bonds is 5. The van der Waals surface area contributed by atoms with E-state index in [0.29, 0.717) is 11.1 Å². The zero-order valence-electron chi connectivity index (χ0n) is 12.3. The van der Waals surface area contributed by atoms with Crippen LogP contribution in [-0.4, -0.2) is 23.4 Å². The Morgan fingerprint density at radius 3 is 1.76 bits per heavy atom. The molecule has 0 bridgehead atoms. The summed E-state index contributed by atoms with van der Waals surface area (Å²) in [6, 6.07) is 14.8. The Labute approximate surface area is 134 Å². The summed E-state index contributed by atoms with van der Waals surface area (Å²) in [4.78, 5) is 14.8. The van der Waals surface area contributed by atoms with Crippen LogP contribution in [0.15, 0.2) is 58.3 Å². The van der Waals surface area contributed by atoms with Crippen molar-refractivity contribution in [1.29, 1.82) is 0 Å². The van der Waals surface area contributed by atoms with Gasteiger partial charge in [-0.05, 0) is 49.3 Å². The summed E-state index contributed by atoms with van der Waals surface area (Å²) < 4.78 is 0. The topological polar surface area (TPSA) is 37.3 Å². The van der Waals surface area contributed by atoms with E-state index in [1.165, 1.54) is 0 Å². The molecule has 0 saturated carbocycles. The molecule has 110 valence electrons. The van der Waals surface area contributed by atoms with E-state index in [0.717, 1.165) is 9.79 Å². The fourth-order valence-electron chi connectivity index (χ4n) is 2.07. The van der Waals surface area contributed by atoms with Gasteiger partial charge in [0.1, 0.15) is 5.60 Å². The minimum Gasteiger partial charge on any atom is -0.377 e. The second kappa shape index (κ2) is 6.69. The molecule has 2 rings (SSSR count). The highest BCUT2D eigenvalue weighted by molar-refractivity contribution is 7.98. The average Bonchev–Trinajstić information content (AvgIpc) is 2.54. The van der Waals surface area contributed by atoms with E-state index in [4.69, 9.17) is 0 Å². The molecule has 1 unspecified atom stereocenters. The van der Waals surface area contributed by atoms with E-state index >= 15 is 0 Å². The summed E-state index contributed by atoms with van der Waals surface area (Å²) in [6.07, 6.45) is 3.98. The van der Waals surface area contributed by atoms with Gasteiger partial charge in [0.05, 0.1) is 0 Å². The first kappa shape index (κ1) is 16.1. The number of hydrogen-bond donors (Lipinski definition) is 1. The van der Waals surface area contributed by atoms with Crippen LogP contribution in [0.25, 0.3) is 0 Å². The minimum absolute atomic E-state index is 0.285. The molecule has 2 nitrogen and oxygen atoms in total. The van der Waals surface area contributed by atoms with Crippen LogP contribution >= 0.6 is 23.5 Å². The van der Waals surface area contributed by atoms with E-state index in [2.05, 4.69) is 0 Å². The van der Waals surface area contributed by atoms with Crippen LogP contribution in [-0.2, 0) is 5.60 Å². The Bertz CT molecular complexity index is 616. The number of Topliss-reactive ketones (excluding diaryl/α,β-unsaturated/α-hetero) is 1. The summed E-state index contributed by atoms with van der Waals surface area (Å²) in [5, 5.41) is 10.6. The van der Waals surface area contributed by atoms with E-state index in [1.807, 2.05) is 36.8 Å². The first-order chi connectivity index (χ1) is 9.98. The lowest BCUT2D eigenvalue weighted by Crippen LogP contribution is -2.32. The molecule has 2 aromatic rings. The van der Waals surface area contributed by atoms with Crippen molar-refractivity contribution in [1.82, 2.24) is 0 Å². The van der Waals surface area contributed by atoms with Crippen LogP contribution in [0.1, 0.15) is 22.8 Å². The Morgan fingerprint density at radius 1 is 0.905 bits per heavy atom. The molecule has 2 aromatic carbocycles. The molecule has 0 spiro atoms. The molecule has 0 fully saturated rings. The highest BCUT2D eigenvalue weighted by Crippen LogP contribution is 2.28. The van der Waals surface area contributed by atoms with Gasteiger partial charge in [-0.3, -0.25) is 4.79 Å². The third kappa shape index (κ3) is 3.51. The van der Waals surface area contributed by atoms with E-state index in [1.54, 1.807) is 54.7 Å². The van der Waals surface area contributed by atoms with Crippen molar-refractivity contribution in [3.63, 3.8) is 0 Å². The van der Waals surface area contributed by atoms with E-state index in [9.17, 15) is 9.90 Å². The van der Waals surface area contributed by atoms with Gasteiger partial charge in [-0.15, -0.1) is 23.5 Å². The van der Waals surface area contributed by atoms with E-state index < -0.39 is 5.60 Å². The Morgan fingerprint density at radius 2 is 1.33 bits per heavy atom. The molecule has 1 atom stereocenters. The normalized spacial score (nSPS) is 13.7. The maximum Gasteiger partial charge on any atom is 0.198 e. The number of carbonyl (C=O) groups is 1. The van der Waals surface area contributed by atoms with Crippen molar-refractivity contribution in [2.75, 3.05) is 12.5 Å². The number of thioether (sulfide) groups is 2. The molecule has 0 radical (unpaired) electrons. The van der Waals surface area contributed by atoms with Crippen molar-refractivity contribution in [2.45, 2.75) is 22.3 Å². The number of hydrogen-bond acceptors (Lipinski definition) is 4. The van der Waals surface area contributed by atoms with Crippen molar-refractivity contribution in [2.24, 2.45) is 0 Å². The van der Waals surface area contributed by atoms with Crippen molar-refractivity contribution >= 4 is 29.3 Å². The molecule has 0 aromatic heterocycles. The van der Waals surface area contributed by atoms with Crippen LogP contribution in [0.4, 0.5) is 0 Å². The SMILES string of the molecule is CSc1ccc(C(=O)C(C)(O)c2ccc(SC)cc2)cc1. The highest BCUT2D eigenvalue weighted by Gasteiger charge is 2.33. The number of benzene rings is 2. The molecule has 0 aliphatic heterocycles. The fraction of sp³-hybridized carbons (Fsp3) is 0.235. The molecule has 0 saturated heterocycles. The van der Waals surface area contributed by atoms with Gasteiger partial charge in [0, 0.05) is 15.4 Å². The van der Waals surface area contributed by atoms with Gasteiger partial charge < -0.3 is 5.11 Å². The maximum absolute atomic E-state index is 12.6. The lowest BCUT2D eigenvalue weighted by Gasteiger charge is -2.22. The minimum atomic E-state index is -1.52. The fourth-order valence-corrected chi connectivity index (χ4v) is 2.89. The largest absolute Gasteiger partial charge is 0.377 e. The molecule has 0 aliphatic rings. The summed E-state index contributed by atoms with van der Waals surface area (Å²) in [7, 11) is 0. The van der Waals surface area contributed by atoms with Crippen LogP contribution in [0.5, 0.6) is 0 Å². The third-order valence-electron chi connectivity index (χ3n) is 3.45. The smallest absolute Gasteiger partial charge is 0.198 e. The van der Waals surface area contributed by atoms with Crippen molar-refractivity contribution < 1.29 is 9.90 Å². The molecular weight excluding hydrogens is 300 g/mol. The Kier molecular flexibility index (Phi) is 5.14. The quantitative estimate of drug-likeness (QED) is 0.661. The van der Waals surface area contributed by atoms with Crippen LogP contribution < -0.4 is 0 Å². The first-order valence-corrected chi connectivity index (χ1v) is 8.99. The second-order valence-electron chi connectivity index (χ2n) is 4.86. The van der Waals surface area contributed by atoms with Gasteiger partial charge in [-0.25, -0.2) is 0 Å². The molecule has 4 heteroatoms. The lowest BCUT2D eigenvalue weighted by atomic mass is 9.88. The number of aliphatic hydroxyl groups is 1. The van der Waals surface area contributed by atoms with Gasteiger partial charge in [-0.2, -0.15) is 0 Å². The zero-order valence-corrected chi connectivity index (χ0v) is 13.9. The molecule has 0 aliphatic carbocycles. The van der Waals surface area contributed by atoms with Crippen LogP contribution in [0, 0.1) is 0 Å². The van der Waals surface area contributed by atoms with Gasteiger partial charge in [0.15, 0.2) is 5.78 Å². The van der Waals surface area contributed by atoms with Gasteiger partial charge in [0.2, 0.25) is 0 Å². The van der Waals surface area contributed by atoms with Gasteiger partial charge in [0.25, 0.3) is 0 Å². The molecular formula is C17H18O2S2. The molecule has 0 heterocycles. The van der Waals surface area contributed by atoms with Gasteiger partial charge in [-0.1, -0.05) is 24.3 Å². The third-order valence-corrected chi connectivity index (χ3v) is 4.93. The van der Waals surface area contributed by atoms with Crippen molar-refractivity contribution in [3.8, 4) is 0 Å². The molecule has 1 N–H and O–H groups in total. The van der Waals surface area contributed by atoms with Crippen molar-refractivity contribution in [3.05, 3.63) is 59.7 Å². The highest BCUT2D eigenvalue weighted by atomic mass is 32.2. The lowest BCUT2D eigenvalue weighted by molar-refractivity contribution is 0.0392. The summed E-state index contributed by atoms with van der Waals surface area (Å²) >= 11 is 3.25. The second-order valence-corrected chi connectivity index (χ2v) is 6.62. The standard InChI is InChI=1S/C17H18O2S2/c1-17(19,13-6-10-15(21-3)11-7-13)16(18)12-4-8-14(20-2)9-5-12/h4-11,19H,1-3H3. The predicted molar refractivity (Wildman–Crippen MR) is 90.3 cm³/mol. The maximum atomic E-state index is 12.6.